The van der Waals surface area contributed by atoms with E-state index in [1.54, 1.807) is 6.92 Å². The summed E-state index contributed by atoms with van der Waals surface area (Å²) in [5, 5.41) is 12.3. The first-order valence-electron chi connectivity index (χ1n) is 7.84. The van der Waals surface area contributed by atoms with Crippen LogP contribution in [0.25, 0.3) is 0 Å². The lowest BCUT2D eigenvalue weighted by molar-refractivity contribution is -0.118. The molecule has 0 aliphatic rings. The fourth-order valence-corrected chi connectivity index (χ4v) is 0.757. The minimum absolute atomic E-state index is 0.0930. The molecule has 0 fully saturated rings. The average Bonchev–Trinajstić information content (AvgIpc) is 2.61. The Labute approximate surface area is 151 Å². The van der Waals surface area contributed by atoms with E-state index in [-0.39, 0.29) is 25.1 Å². The lowest BCUT2D eigenvalue weighted by Gasteiger charge is -2.01. The first kappa shape index (κ1) is 30.4. The Balaban J connectivity index is -0.000000133. The van der Waals surface area contributed by atoms with Crippen molar-refractivity contribution in [2.75, 3.05) is 19.8 Å². The van der Waals surface area contributed by atoms with Crippen LogP contribution >= 0.6 is 0 Å². The number of amides is 3. The van der Waals surface area contributed by atoms with E-state index in [4.69, 9.17) is 10.8 Å². The maximum Gasteiger partial charge on any atom is 0.244 e. The van der Waals surface area contributed by atoms with Crippen LogP contribution in [0.4, 0.5) is 0 Å². The van der Waals surface area contributed by atoms with Crippen molar-refractivity contribution in [3.8, 4) is 0 Å². The van der Waals surface area contributed by atoms with E-state index < -0.39 is 5.91 Å². The molecule has 0 heterocycles. The smallest absolute Gasteiger partial charge is 0.244 e. The second-order valence-electron chi connectivity index (χ2n) is 4.09. The van der Waals surface area contributed by atoms with E-state index in [1.165, 1.54) is 19.3 Å². The van der Waals surface area contributed by atoms with E-state index >= 15 is 0 Å². The van der Waals surface area contributed by atoms with Gasteiger partial charge in [0.2, 0.25) is 17.7 Å². The number of carbonyl (C=O) groups is 3. The highest BCUT2D eigenvalue weighted by atomic mass is 16.2. The van der Waals surface area contributed by atoms with Crippen molar-refractivity contribution < 1.29 is 19.5 Å². The van der Waals surface area contributed by atoms with E-state index in [0.717, 1.165) is 24.8 Å². The molecule has 0 bridgehead atoms. The van der Waals surface area contributed by atoms with Crippen molar-refractivity contribution >= 4 is 17.7 Å². The Morgan fingerprint density at radius 2 is 1.32 bits per heavy atom. The predicted molar refractivity (Wildman–Crippen MR) is 102 cm³/mol. The van der Waals surface area contributed by atoms with Crippen LogP contribution in [0.2, 0.25) is 0 Å². The largest absolute Gasteiger partial charge is 0.397 e. The lowest BCUT2D eigenvalue weighted by atomic mass is 10.3. The highest BCUT2D eigenvalue weighted by Gasteiger charge is 1.93. The van der Waals surface area contributed by atoms with Gasteiger partial charge in [-0.2, -0.15) is 0 Å². The molecule has 7 N–H and O–H groups in total. The van der Waals surface area contributed by atoms with Gasteiger partial charge in [-0.15, -0.1) is 0 Å². The number of hydrogen-bond donors (Lipinski definition) is 5. The Hall–Kier alpha value is -2.45. The number of nitrogens with one attached hydrogen (secondary N) is 2. The lowest BCUT2D eigenvalue weighted by Crippen LogP contribution is -2.35. The van der Waals surface area contributed by atoms with Crippen LogP contribution in [-0.4, -0.2) is 42.6 Å². The Kier molecular flexibility index (Phi) is 36.0. The molecule has 0 spiro atoms. The van der Waals surface area contributed by atoms with Gasteiger partial charge in [-0.25, -0.2) is 0 Å². The number of aliphatic hydroxyl groups excluding tert-OH is 1. The second kappa shape index (κ2) is 29.5. The van der Waals surface area contributed by atoms with Crippen molar-refractivity contribution in [1.82, 2.24) is 10.6 Å². The number of carbonyl (C=O) groups excluding carboxylic acids is 3. The number of rotatable bonds is 8. The first-order valence-corrected chi connectivity index (χ1v) is 7.84. The van der Waals surface area contributed by atoms with Crippen molar-refractivity contribution in [1.29, 1.82) is 0 Å². The van der Waals surface area contributed by atoms with Crippen LogP contribution < -0.4 is 22.1 Å². The van der Waals surface area contributed by atoms with Crippen molar-refractivity contribution in [3.63, 3.8) is 0 Å². The Morgan fingerprint density at radius 1 is 0.960 bits per heavy atom. The standard InChI is InChI=1S/C7H10N2O2.C5H13N.C3H5NO.C2H6O/c1-3-6(10)8-5-9-7(11)4-2;1-2-3-4-5-6;1-2-3(4)5;1-2-3/h3-4H,1-2,5H2,(H,8,10)(H,9,11);2-6H2,1H3;2H,1H2,(H2,4,5);3H,2H2,1H3. The van der Waals surface area contributed by atoms with Crippen LogP contribution in [0.5, 0.6) is 0 Å². The highest BCUT2D eigenvalue weighted by molar-refractivity contribution is 5.89. The molecule has 0 saturated carbocycles. The molecule has 0 radical (unpaired) electrons. The van der Waals surface area contributed by atoms with Gasteiger partial charge in [-0.05, 0) is 38.1 Å². The fraction of sp³-hybridized carbons (Fsp3) is 0.471. The van der Waals surface area contributed by atoms with Crippen LogP contribution in [0.1, 0.15) is 33.1 Å². The van der Waals surface area contributed by atoms with E-state index in [1.807, 2.05) is 0 Å². The summed E-state index contributed by atoms with van der Waals surface area (Å²) in [6, 6.07) is 0. The summed E-state index contributed by atoms with van der Waals surface area (Å²) < 4.78 is 0. The van der Waals surface area contributed by atoms with Crippen molar-refractivity contribution in [3.05, 3.63) is 38.0 Å². The van der Waals surface area contributed by atoms with Gasteiger partial charge < -0.3 is 27.2 Å². The molecule has 0 aliphatic carbocycles. The number of primary amides is 1. The molecule has 0 atom stereocenters. The van der Waals surface area contributed by atoms with Gasteiger partial charge in [-0.3, -0.25) is 14.4 Å². The summed E-state index contributed by atoms with van der Waals surface area (Å²) in [7, 11) is 0. The van der Waals surface area contributed by atoms with Crippen molar-refractivity contribution in [2.45, 2.75) is 33.1 Å². The summed E-state index contributed by atoms with van der Waals surface area (Å²) >= 11 is 0. The summed E-state index contributed by atoms with van der Waals surface area (Å²) in [4.78, 5) is 30.4. The minimum Gasteiger partial charge on any atom is -0.397 e. The molecule has 8 nitrogen and oxygen atoms in total. The normalized spacial score (nSPS) is 7.68. The van der Waals surface area contributed by atoms with Gasteiger partial charge >= 0.3 is 0 Å². The summed E-state index contributed by atoms with van der Waals surface area (Å²) in [5.41, 5.74) is 9.75. The Morgan fingerprint density at radius 3 is 1.48 bits per heavy atom. The molecule has 0 unspecified atom stereocenters. The molecular weight excluding hydrogens is 324 g/mol. The number of aliphatic hydroxyl groups is 1. The molecule has 0 aliphatic heterocycles. The number of unbranched alkanes of at least 4 members (excludes halogenated alkanes) is 2. The summed E-state index contributed by atoms with van der Waals surface area (Å²) in [6.45, 7) is 14.6. The third-order valence-corrected chi connectivity index (χ3v) is 1.90. The SMILES string of the molecule is C=CC(=O)NCNC(=O)C=C.C=CC(N)=O.CCCCCN.CCO. The van der Waals surface area contributed by atoms with E-state index in [9.17, 15) is 14.4 Å². The van der Waals surface area contributed by atoms with Gasteiger partial charge in [0.25, 0.3) is 0 Å². The molecule has 25 heavy (non-hydrogen) atoms. The van der Waals surface area contributed by atoms with Gasteiger partial charge in [0.05, 0.1) is 6.67 Å². The highest BCUT2D eigenvalue weighted by Crippen LogP contribution is 1.88. The van der Waals surface area contributed by atoms with Crippen LogP contribution in [0, 0.1) is 0 Å². The topological polar surface area (TPSA) is 148 Å². The van der Waals surface area contributed by atoms with Crippen LogP contribution in [0.15, 0.2) is 38.0 Å². The van der Waals surface area contributed by atoms with Gasteiger partial charge in [0.15, 0.2) is 0 Å². The summed E-state index contributed by atoms with van der Waals surface area (Å²) in [6.07, 6.45) is 7.06. The second-order valence-corrected chi connectivity index (χ2v) is 4.09. The average molecular weight is 358 g/mol. The van der Waals surface area contributed by atoms with Gasteiger partial charge in [0, 0.05) is 6.61 Å². The maximum atomic E-state index is 10.5. The third kappa shape index (κ3) is 52.3. The molecular formula is C17H34N4O4. The zero-order valence-corrected chi connectivity index (χ0v) is 15.4. The monoisotopic (exact) mass is 358 g/mol. The number of nitrogens with two attached hydrogens (primary N) is 2. The fourth-order valence-electron chi connectivity index (χ4n) is 0.757. The zero-order valence-electron chi connectivity index (χ0n) is 15.4. The Bertz CT molecular complexity index is 348. The van der Waals surface area contributed by atoms with Gasteiger partial charge in [0.1, 0.15) is 0 Å². The maximum absolute atomic E-state index is 10.5. The molecule has 8 heteroatoms. The molecule has 0 saturated heterocycles. The number of hydrogen-bond acceptors (Lipinski definition) is 5. The summed E-state index contributed by atoms with van der Waals surface area (Å²) in [5.74, 6) is -1.13. The molecule has 0 aromatic heterocycles. The molecule has 0 aromatic rings. The van der Waals surface area contributed by atoms with Gasteiger partial charge in [-0.1, -0.05) is 39.5 Å². The first-order chi connectivity index (χ1) is 11.8. The third-order valence-electron chi connectivity index (χ3n) is 1.90. The quantitative estimate of drug-likeness (QED) is 0.241. The van der Waals surface area contributed by atoms with E-state index in [2.05, 4.69) is 43.0 Å². The predicted octanol–water partition coefficient (Wildman–Crippen LogP) is 0.340. The van der Waals surface area contributed by atoms with Crippen LogP contribution in [-0.2, 0) is 14.4 Å². The molecule has 146 valence electrons. The molecule has 3 amide bonds. The molecule has 0 aromatic carbocycles. The zero-order chi connectivity index (χ0) is 20.5. The van der Waals surface area contributed by atoms with Crippen LogP contribution in [0.3, 0.4) is 0 Å². The minimum atomic E-state index is -0.481. The molecule has 0 rings (SSSR count). The van der Waals surface area contributed by atoms with E-state index in [0.29, 0.717) is 0 Å². The van der Waals surface area contributed by atoms with Crippen molar-refractivity contribution in [2.24, 2.45) is 11.5 Å².